The molecule has 1 aromatic carbocycles. The Morgan fingerprint density at radius 1 is 1.35 bits per heavy atom. The smallest absolute Gasteiger partial charge is 0.129 e. The minimum Gasteiger partial charge on any atom is -0.392 e. The van der Waals surface area contributed by atoms with Crippen LogP contribution in [0, 0.1) is 5.82 Å². The van der Waals surface area contributed by atoms with Crippen molar-refractivity contribution >= 4 is 0 Å². The molecule has 0 radical (unpaired) electrons. The molecule has 4 nitrogen and oxygen atoms in total. The van der Waals surface area contributed by atoms with Crippen molar-refractivity contribution in [2.24, 2.45) is 0 Å². The van der Waals surface area contributed by atoms with Crippen LogP contribution in [0.1, 0.15) is 35.6 Å². The number of aliphatic hydroxyl groups is 1. The topological polar surface area (TPSA) is 47.3 Å². The summed E-state index contributed by atoms with van der Waals surface area (Å²) < 4.78 is 27.5. The van der Waals surface area contributed by atoms with Crippen molar-refractivity contribution in [1.29, 1.82) is 0 Å². The molecular formula is C14H14F2N2O2. The van der Waals surface area contributed by atoms with Gasteiger partial charge in [0.25, 0.3) is 0 Å². The number of hydrogen-bond donors (Lipinski definition) is 1. The summed E-state index contributed by atoms with van der Waals surface area (Å²) >= 11 is 0. The Morgan fingerprint density at radius 2 is 2.15 bits per heavy atom. The van der Waals surface area contributed by atoms with E-state index in [1.807, 2.05) is 6.20 Å². The maximum atomic E-state index is 13.7. The highest BCUT2D eigenvalue weighted by Crippen LogP contribution is 2.39. The summed E-state index contributed by atoms with van der Waals surface area (Å²) in [5.41, 5.74) is 2.06. The molecule has 0 saturated heterocycles. The summed E-state index contributed by atoms with van der Waals surface area (Å²) in [4.78, 5) is 7.93. The molecule has 0 aliphatic heterocycles. The Bertz CT molecular complexity index is 624. The van der Waals surface area contributed by atoms with Gasteiger partial charge in [0.05, 0.1) is 24.3 Å². The van der Waals surface area contributed by atoms with Gasteiger partial charge in [-0.15, -0.1) is 0 Å². The minimum atomic E-state index is -0.578. The van der Waals surface area contributed by atoms with Crippen LogP contribution in [0.2, 0.25) is 0 Å². The third-order valence-electron chi connectivity index (χ3n) is 3.50. The van der Waals surface area contributed by atoms with E-state index in [0.29, 0.717) is 17.2 Å². The fourth-order valence-electron chi connectivity index (χ4n) is 2.24. The van der Waals surface area contributed by atoms with Crippen LogP contribution in [0.25, 0.3) is 5.69 Å². The first kappa shape index (κ1) is 13.2. The van der Waals surface area contributed by atoms with Gasteiger partial charge in [0.1, 0.15) is 12.4 Å². The minimum absolute atomic E-state index is 0.157. The van der Waals surface area contributed by atoms with E-state index < -0.39 is 12.4 Å². The fraction of sp³-hybridized carbons (Fsp3) is 0.357. The zero-order chi connectivity index (χ0) is 14.1. The molecule has 1 aliphatic carbocycles. The van der Waals surface area contributed by atoms with E-state index in [1.165, 1.54) is 12.1 Å². The SMILES string of the molecule is OCc1cc(-n2cnc(C3CC3)c2)c(COF)cc1F. The number of aliphatic hydroxyl groups excluding tert-OH is 1. The van der Waals surface area contributed by atoms with Crippen molar-refractivity contribution in [3.8, 4) is 5.69 Å². The van der Waals surface area contributed by atoms with Gasteiger partial charge in [-0.1, -0.05) is 0 Å². The number of rotatable bonds is 5. The average Bonchev–Trinajstić information content (AvgIpc) is 3.18. The van der Waals surface area contributed by atoms with E-state index in [9.17, 15) is 8.92 Å². The van der Waals surface area contributed by atoms with Gasteiger partial charge in [-0.25, -0.2) is 9.37 Å². The lowest BCUT2D eigenvalue weighted by Gasteiger charge is -2.11. The molecule has 106 valence electrons. The molecule has 0 bridgehead atoms. The lowest BCUT2D eigenvalue weighted by Crippen LogP contribution is -2.02. The maximum Gasteiger partial charge on any atom is 0.129 e. The van der Waals surface area contributed by atoms with E-state index >= 15 is 0 Å². The lowest BCUT2D eigenvalue weighted by atomic mass is 10.1. The number of aromatic nitrogens is 2. The lowest BCUT2D eigenvalue weighted by molar-refractivity contribution is -0.144. The molecule has 2 aromatic rings. The van der Waals surface area contributed by atoms with Crippen LogP contribution in [-0.2, 0) is 18.2 Å². The van der Waals surface area contributed by atoms with Crippen molar-refractivity contribution in [3.63, 3.8) is 0 Å². The molecule has 1 aliphatic rings. The Hall–Kier alpha value is -1.79. The molecule has 1 aromatic heterocycles. The highest BCUT2D eigenvalue weighted by atomic mass is 19.3. The predicted molar refractivity (Wildman–Crippen MR) is 67.3 cm³/mol. The van der Waals surface area contributed by atoms with E-state index in [1.54, 1.807) is 10.9 Å². The van der Waals surface area contributed by atoms with E-state index in [4.69, 9.17) is 5.11 Å². The predicted octanol–water partition coefficient (Wildman–Crippen LogP) is 2.78. The fourth-order valence-corrected chi connectivity index (χ4v) is 2.24. The summed E-state index contributed by atoms with van der Waals surface area (Å²) in [5, 5.41) is 9.14. The summed E-state index contributed by atoms with van der Waals surface area (Å²) in [6, 6.07) is 2.67. The van der Waals surface area contributed by atoms with Crippen LogP contribution < -0.4 is 0 Å². The first-order valence-electron chi connectivity index (χ1n) is 6.43. The number of imidazole rings is 1. The molecular weight excluding hydrogens is 266 g/mol. The molecule has 20 heavy (non-hydrogen) atoms. The van der Waals surface area contributed by atoms with Gasteiger partial charge >= 0.3 is 0 Å². The molecule has 3 rings (SSSR count). The molecule has 1 fully saturated rings. The molecule has 0 unspecified atom stereocenters. The Kier molecular flexibility index (Phi) is 3.50. The number of benzene rings is 1. The largest absolute Gasteiger partial charge is 0.392 e. The van der Waals surface area contributed by atoms with Gasteiger partial charge in [-0.3, -0.25) is 0 Å². The highest BCUT2D eigenvalue weighted by molar-refractivity contribution is 5.45. The first-order valence-corrected chi connectivity index (χ1v) is 6.43. The number of nitrogens with zero attached hydrogens (tertiary/aromatic N) is 2. The van der Waals surface area contributed by atoms with Crippen LogP contribution in [0.5, 0.6) is 0 Å². The molecule has 0 atom stereocenters. The van der Waals surface area contributed by atoms with Crippen LogP contribution in [0.3, 0.4) is 0 Å². The number of halogens is 2. The average molecular weight is 280 g/mol. The first-order chi connectivity index (χ1) is 9.72. The molecule has 1 N–H and O–H groups in total. The molecule has 1 heterocycles. The second-order valence-corrected chi connectivity index (χ2v) is 4.96. The van der Waals surface area contributed by atoms with Crippen molar-refractivity contribution < 1.29 is 19.0 Å². The van der Waals surface area contributed by atoms with Crippen LogP contribution >= 0.6 is 0 Å². The van der Waals surface area contributed by atoms with Crippen molar-refractivity contribution in [1.82, 2.24) is 9.55 Å². The van der Waals surface area contributed by atoms with Crippen molar-refractivity contribution in [3.05, 3.63) is 47.3 Å². The van der Waals surface area contributed by atoms with Crippen molar-refractivity contribution in [2.75, 3.05) is 0 Å². The van der Waals surface area contributed by atoms with Gasteiger partial charge in [0, 0.05) is 23.2 Å². The summed E-state index contributed by atoms with van der Waals surface area (Å²) in [6.45, 7) is -0.769. The summed E-state index contributed by atoms with van der Waals surface area (Å²) in [7, 11) is 0. The Balaban J connectivity index is 2.03. The number of hydrogen-bond acceptors (Lipinski definition) is 3. The molecule has 6 heteroatoms. The van der Waals surface area contributed by atoms with E-state index in [2.05, 4.69) is 9.93 Å². The summed E-state index contributed by atoms with van der Waals surface area (Å²) in [5.74, 6) is -0.0827. The third-order valence-corrected chi connectivity index (χ3v) is 3.50. The standard InChI is InChI=1S/C14H14F2N2O2/c15-12-3-11(7-20-16)14(4-10(12)6-19)18-5-13(17-8-18)9-1-2-9/h3-5,8-9,19H,1-2,6-7H2. The van der Waals surface area contributed by atoms with E-state index in [0.717, 1.165) is 18.5 Å². The van der Waals surface area contributed by atoms with Gasteiger partial charge < -0.3 is 9.67 Å². The normalized spacial score (nSPS) is 14.8. The van der Waals surface area contributed by atoms with Gasteiger partial charge in [-0.05, 0) is 29.5 Å². The van der Waals surface area contributed by atoms with Gasteiger partial charge in [0.2, 0.25) is 0 Å². The Morgan fingerprint density at radius 3 is 2.80 bits per heavy atom. The van der Waals surface area contributed by atoms with Gasteiger partial charge in [-0.2, -0.15) is 4.94 Å². The molecule has 1 saturated carbocycles. The zero-order valence-corrected chi connectivity index (χ0v) is 10.7. The zero-order valence-electron chi connectivity index (χ0n) is 10.7. The third kappa shape index (κ3) is 2.44. The maximum absolute atomic E-state index is 13.7. The van der Waals surface area contributed by atoms with Crippen LogP contribution in [0.15, 0.2) is 24.7 Å². The Labute approximate surface area is 114 Å². The van der Waals surface area contributed by atoms with Crippen molar-refractivity contribution in [2.45, 2.75) is 32.0 Å². The monoisotopic (exact) mass is 280 g/mol. The highest BCUT2D eigenvalue weighted by Gasteiger charge is 2.26. The van der Waals surface area contributed by atoms with Crippen LogP contribution in [-0.4, -0.2) is 14.7 Å². The molecule has 0 spiro atoms. The summed E-state index contributed by atoms with van der Waals surface area (Å²) in [6.07, 6.45) is 5.73. The molecule has 0 amide bonds. The van der Waals surface area contributed by atoms with Crippen LogP contribution in [0.4, 0.5) is 8.92 Å². The second kappa shape index (κ2) is 5.30. The van der Waals surface area contributed by atoms with Gasteiger partial charge in [0.15, 0.2) is 0 Å². The second-order valence-electron chi connectivity index (χ2n) is 4.96. The quantitative estimate of drug-likeness (QED) is 0.916. The van der Waals surface area contributed by atoms with E-state index in [-0.39, 0.29) is 12.2 Å².